The average Bonchev–Trinajstić information content (AvgIpc) is 3.25. The van der Waals surface area contributed by atoms with Gasteiger partial charge >= 0.3 is 0 Å². The van der Waals surface area contributed by atoms with Gasteiger partial charge in [0.15, 0.2) is 0 Å². The van der Waals surface area contributed by atoms with Crippen molar-refractivity contribution in [2.24, 2.45) is 0 Å². The second-order valence-electron chi connectivity index (χ2n) is 7.99. The van der Waals surface area contributed by atoms with Crippen molar-refractivity contribution in [3.05, 3.63) is 87.8 Å². The van der Waals surface area contributed by atoms with Crippen LogP contribution in [0, 0.1) is 6.92 Å². The molecular formula is C24H23N5O2S. The van der Waals surface area contributed by atoms with Crippen molar-refractivity contribution in [3.8, 4) is 10.6 Å². The molecule has 5 rings (SSSR count). The van der Waals surface area contributed by atoms with E-state index in [4.69, 9.17) is 4.98 Å². The van der Waals surface area contributed by atoms with E-state index in [0.29, 0.717) is 24.6 Å². The van der Waals surface area contributed by atoms with Gasteiger partial charge in [-0.3, -0.25) is 14.5 Å². The van der Waals surface area contributed by atoms with Crippen LogP contribution >= 0.6 is 11.3 Å². The Morgan fingerprint density at radius 2 is 1.78 bits per heavy atom. The van der Waals surface area contributed by atoms with Gasteiger partial charge in [-0.2, -0.15) is 9.61 Å². The molecule has 2 aromatic carbocycles. The van der Waals surface area contributed by atoms with Crippen LogP contribution in [0.15, 0.2) is 65.5 Å². The summed E-state index contributed by atoms with van der Waals surface area (Å²) in [7, 11) is 0. The Kier molecular flexibility index (Phi) is 5.55. The Morgan fingerprint density at radius 3 is 2.53 bits per heavy atom. The van der Waals surface area contributed by atoms with Crippen LogP contribution in [-0.2, 0) is 6.54 Å². The molecule has 1 saturated heterocycles. The van der Waals surface area contributed by atoms with Crippen molar-refractivity contribution in [1.82, 2.24) is 24.4 Å². The van der Waals surface area contributed by atoms with E-state index in [1.165, 1.54) is 15.9 Å². The quantitative estimate of drug-likeness (QED) is 0.483. The number of aryl methyl sites for hydroxylation is 1. The second kappa shape index (κ2) is 8.64. The Morgan fingerprint density at radius 1 is 1.00 bits per heavy atom. The lowest BCUT2D eigenvalue weighted by molar-refractivity contribution is 0.0627. The Hall–Kier alpha value is -3.36. The van der Waals surface area contributed by atoms with Gasteiger partial charge in [-0.05, 0) is 25.1 Å². The van der Waals surface area contributed by atoms with Gasteiger partial charge in [-0.1, -0.05) is 53.3 Å². The SMILES string of the molecule is Cc1cccc(-c2nn3c(=O)cc(CN4CCN(C(=O)c5ccccc5)CC4)nc3s2)c1. The molecule has 4 aromatic rings. The zero-order valence-electron chi connectivity index (χ0n) is 17.8. The van der Waals surface area contributed by atoms with Gasteiger partial charge in [0.25, 0.3) is 11.5 Å². The van der Waals surface area contributed by atoms with Crippen LogP contribution in [0.3, 0.4) is 0 Å². The summed E-state index contributed by atoms with van der Waals surface area (Å²) >= 11 is 1.42. The Balaban J connectivity index is 1.29. The van der Waals surface area contributed by atoms with Crippen molar-refractivity contribution in [2.75, 3.05) is 26.2 Å². The third-order valence-electron chi connectivity index (χ3n) is 5.63. The number of rotatable bonds is 4. The smallest absolute Gasteiger partial charge is 0.275 e. The second-order valence-corrected chi connectivity index (χ2v) is 8.95. The summed E-state index contributed by atoms with van der Waals surface area (Å²) < 4.78 is 1.38. The van der Waals surface area contributed by atoms with E-state index in [0.717, 1.165) is 40.5 Å². The average molecular weight is 446 g/mol. The van der Waals surface area contributed by atoms with Crippen molar-refractivity contribution in [2.45, 2.75) is 13.5 Å². The number of benzene rings is 2. The summed E-state index contributed by atoms with van der Waals surface area (Å²) in [4.78, 5) is 34.7. The van der Waals surface area contributed by atoms with E-state index >= 15 is 0 Å². The molecule has 1 aliphatic heterocycles. The first-order chi connectivity index (χ1) is 15.6. The van der Waals surface area contributed by atoms with E-state index in [9.17, 15) is 9.59 Å². The third-order valence-corrected chi connectivity index (χ3v) is 6.59. The van der Waals surface area contributed by atoms with Crippen LogP contribution in [0.1, 0.15) is 21.6 Å². The molecule has 0 atom stereocenters. The zero-order valence-corrected chi connectivity index (χ0v) is 18.6. The maximum absolute atomic E-state index is 12.6. The number of aromatic nitrogens is 3. The summed E-state index contributed by atoms with van der Waals surface area (Å²) in [6.07, 6.45) is 0. The largest absolute Gasteiger partial charge is 0.336 e. The minimum atomic E-state index is -0.168. The van der Waals surface area contributed by atoms with Crippen LogP contribution < -0.4 is 5.56 Å². The van der Waals surface area contributed by atoms with Crippen LogP contribution in [0.25, 0.3) is 15.5 Å². The van der Waals surface area contributed by atoms with Crippen LogP contribution in [0.4, 0.5) is 0 Å². The molecule has 8 heteroatoms. The molecule has 32 heavy (non-hydrogen) atoms. The molecule has 1 fully saturated rings. The monoisotopic (exact) mass is 445 g/mol. The van der Waals surface area contributed by atoms with E-state index in [1.807, 2.05) is 60.4 Å². The molecule has 0 unspecified atom stereocenters. The lowest BCUT2D eigenvalue weighted by Gasteiger charge is -2.34. The lowest BCUT2D eigenvalue weighted by Crippen LogP contribution is -2.48. The molecular weight excluding hydrogens is 422 g/mol. The van der Waals surface area contributed by atoms with Gasteiger partial charge in [0, 0.05) is 49.9 Å². The van der Waals surface area contributed by atoms with Crippen molar-refractivity contribution in [3.63, 3.8) is 0 Å². The molecule has 1 aliphatic rings. The van der Waals surface area contributed by atoms with E-state index in [2.05, 4.69) is 16.1 Å². The fourth-order valence-electron chi connectivity index (χ4n) is 3.93. The summed E-state index contributed by atoms with van der Waals surface area (Å²) in [5, 5.41) is 5.25. The first-order valence-corrected chi connectivity index (χ1v) is 11.4. The first kappa shape index (κ1) is 20.5. The predicted octanol–water partition coefficient (Wildman–Crippen LogP) is 3.08. The molecule has 3 heterocycles. The number of piperazine rings is 1. The number of fused-ring (bicyclic) bond motifs is 1. The number of amides is 1. The molecule has 0 spiro atoms. The van der Waals surface area contributed by atoms with Crippen LogP contribution in [-0.4, -0.2) is 56.5 Å². The molecule has 0 N–H and O–H groups in total. The summed E-state index contributed by atoms with van der Waals surface area (Å²) in [5.41, 5.74) is 3.42. The minimum absolute atomic E-state index is 0.0661. The molecule has 162 valence electrons. The first-order valence-electron chi connectivity index (χ1n) is 10.6. The molecule has 0 aliphatic carbocycles. The van der Waals surface area contributed by atoms with Gasteiger partial charge < -0.3 is 4.90 Å². The lowest BCUT2D eigenvalue weighted by atomic mass is 10.1. The molecule has 0 radical (unpaired) electrons. The summed E-state index contributed by atoms with van der Waals surface area (Å²) in [6, 6.07) is 19.0. The van der Waals surface area contributed by atoms with Crippen LogP contribution in [0.5, 0.6) is 0 Å². The number of carbonyl (C=O) groups is 1. The highest BCUT2D eigenvalue weighted by Crippen LogP contribution is 2.25. The van der Waals surface area contributed by atoms with Crippen molar-refractivity contribution < 1.29 is 4.79 Å². The highest BCUT2D eigenvalue weighted by molar-refractivity contribution is 7.19. The zero-order chi connectivity index (χ0) is 22.1. The van der Waals surface area contributed by atoms with Crippen molar-refractivity contribution >= 4 is 22.2 Å². The van der Waals surface area contributed by atoms with Gasteiger partial charge in [-0.25, -0.2) is 4.98 Å². The Bertz CT molecular complexity index is 1320. The predicted molar refractivity (Wildman–Crippen MR) is 125 cm³/mol. The van der Waals surface area contributed by atoms with Gasteiger partial charge in [0.05, 0.1) is 5.69 Å². The number of hydrogen-bond acceptors (Lipinski definition) is 6. The number of carbonyl (C=O) groups excluding carboxylic acids is 1. The third kappa shape index (κ3) is 4.19. The molecule has 7 nitrogen and oxygen atoms in total. The maximum atomic E-state index is 12.6. The fourth-order valence-corrected chi connectivity index (χ4v) is 4.85. The van der Waals surface area contributed by atoms with Gasteiger partial charge in [-0.15, -0.1) is 0 Å². The number of hydrogen-bond donors (Lipinski definition) is 0. The molecule has 0 saturated carbocycles. The molecule has 1 amide bonds. The topological polar surface area (TPSA) is 70.8 Å². The summed E-state index contributed by atoms with van der Waals surface area (Å²) in [6.45, 7) is 5.43. The normalized spacial score (nSPS) is 14.7. The highest BCUT2D eigenvalue weighted by Gasteiger charge is 2.22. The van der Waals surface area contributed by atoms with E-state index in [1.54, 1.807) is 6.07 Å². The van der Waals surface area contributed by atoms with Crippen molar-refractivity contribution in [1.29, 1.82) is 0 Å². The molecule has 2 aromatic heterocycles. The highest BCUT2D eigenvalue weighted by atomic mass is 32.1. The van der Waals surface area contributed by atoms with E-state index < -0.39 is 0 Å². The van der Waals surface area contributed by atoms with E-state index in [-0.39, 0.29) is 11.5 Å². The van der Waals surface area contributed by atoms with Crippen LogP contribution in [0.2, 0.25) is 0 Å². The Labute approximate surface area is 189 Å². The molecule has 0 bridgehead atoms. The van der Waals surface area contributed by atoms with Gasteiger partial charge in [0.1, 0.15) is 5.01 Å². The number of nitrogens with zero attached hydrogens (tertiary/aromatic N) is 5. The maximum Gasteiger partial charge on any atom is 0.275 e. The standard InChI is InChI=1S/C24H23N5O2S/c1-17-6-5-9-19(14-17)22-26-29-21(30)15-20(25-24(29)32-22)16-27-10-12-28(13-11-27)23(31)18-7-3-2-4-8-18/h2-9,14-15H,10-13,16H2,1H3. The summed E-state index contributed by atoms with van der Waals surface area (Å²) in [5.74, 6) is 0.0661. The minimum Gasteiger partial charge on any atom is -0.336 e. The fraction of sp³-hybridized carbons (Fsp3) is 0.250. The van der Waals surface area contributed by atoms with Gasteiger partial charge in [0.2, 0.25) is 4.96 Å².